The Morgan fingerprint density at radius 3 is 2.14 bits per heavy atom. The highest BCUT2D eigenvalue weighted by Gasteiger charge is 2.15. The van der Waals surface area contributed by atoms with Gasteiger partial charge < -0.3 is 9.29 Å². The first-order chi connectivity index (χ1) is 13.3. The molecular formula is C21H20BrIO4S. The van der Waals surface area contributed by atoms with Crippen LogP contribution in [0, 0.1) is 14.1 Å². The molecule has 0 saturated heterocycles. The lowest BCUT2D eigenvalue weighted by Gasteiger charge is -2.05. The minimum absolute atomic E-state index is 0.0887. The fraction of sp³-hybridized carbons (Fsp3) is 0.143. The Morgan fingerprint density at radius 1 is 0.964 bits per heavy atom. The molecule has 0 amide bonds. The molecule has 0 atom stereocenters. The van der Waals surface area contributed by atoms with Gasteiger partial charge in [-0.3, -0.25) is 0 Å². The number of rotatable bonds is 5. The third-order valence-electron chi connectivity index (χ3n) is 3.62. The summed E-state index contributed by atoms with van der Waals surface area (Å²) in [6.45, 7) is 1.82. The Kier molecular flexibility index (Phi) is 8.94. The maximum atomic E-state index is 10.4. The van der Waals surface area contributed by atoms with Crippen molar-refractivity contribution in [1.82, 2.24) is 0 Å². The van der Waals surface area contributed by atoms with Gasteiger partial charge in [-0.1, -0.05) is 45.8 Å². The lowest BCUT2D eigenvalue weighted by Crippen LogP contribution is -3.61. The minimum Gasteiger partial charge on any atom is -0.744 e. The quantitative estimate of drug-likeness (QED) is 0.264. The minimum atomic E-state index is -4.27. The van der Waals surface area contributed by atoms with Crippen molar-refractivity contribution in [1.29, 1.82) is 0 Å². The van der Waals surface area contributed by atoms with Crippen LogP contribution in [0.15, 0.2) is 77.7 Å². The van der Waals surface area contributed by atoms with Gasteiger partial charge >= 0.3 is 21.2 Å². The van der Waals surface area contributed by atoms with Crippen LogP contribution in [0.2, 0.25) is 0 Å². The molecule has 0 aliphatic heterocycles. The fourth-order valence-corrected chi connectivity index (χ4v) is 5.34. The molecule has 0 saturated carbocycles. The average Bonchev–Trinajstić information content (AvgIpc) is 2.69. The summed E-state index contributed by atoms with van der Waals surface area (Å²) >= 11 is 3.40. The number of aryl methyl sites for hydroxylation is 1. The maximum absolute atomic E-state index is 10.4. The number of hydrogen-bond donors (Lipinski definition) is 0. The monoisotopic (exact) mass is 574 g/mol. The molecule has 4 nitrogen and oxygen atoms in total. The number of halogens is 2. The predicted molar refractivity (Wildman–Crippen MR) is 109 cm³/mol. The first kappa shape index (κ1) is 22.9. The van der Waals surface area contributed by atoms with E-state index in [1.54, 1.807) is 19.2 Å². The van der Waals surface area contributed by atoms with E-state index in [-0.39, 0.29) is 26.1 Å². The Morgan fingerprint density at radius 2 is 1.61 bits per heavy atom. The molecule has 0 unspecified atom stereocenters. The number of benzene rings is 3. The van der Waals surface area contributed by atoms with Gasteiger partial charge in [0.15, 0.2) is 7.14 Å². The molecule has 3 rings (SSSR count). The van der Waals surface area contributed by atoms with Crippen molar-refractivity contribution in [3.8, 4) is 5.75 Å². The molecule has 0 radical (unpaired) electrons. The molecular weight excluding hydrogens is 555 g/mol. The highest BCUT2D eigenvalue weighted by atomic mass is 127. The molecule has 0 N–H and O–H groups in total. The van der Waals surface area contributed by atoms with E-state index in [0.717, 1.165) is 16.6 Å². The number of ether oxygens (including phenoxy) is 1. The summed E-state index contributed by atoms with van der Waals surface area (Å²) < 4.78 is 39.2. The molecule has 0 aliphatic rings. The largest absolute Gasteiger partial charge is 0.744 e. The summed E-state index contributed by atoms with van der Waals surface area (Å²) in [6.07, 6.45) is 0. The van der Waals surface area contributed by atoms with Crippen LogP contribution in [-0.2, 0) is 15.4 Å². The fourth-order valence-electron chi connectivity index (χ4n) is 2.14. The Labute approximate surface area is 185 Å². The second-order valence-corrected chi connectivity index (χ2v) is 10.8. The van der Waals surface area contributed by atoms with Gasteiger partial charge in [-0.25, -0.2) is 8.42 Å². The molecule has 28 heavy (non-hydrogen) atoms. The topological polar surface area (TPSA) is 66.4 Å². The average molecular weight is 575 g/mol. The number of hydrogen-bond acceptors (Lipinski definition) is 4. The van der Waals surface area contributed by atoms with E-state index >= 15 is 0 Å². The van der Waals surface area contributed by atoms with E-state index in [9.17, 15) is 13.0 Å². The van der Waals surface area contributed by atoms with Crippen LogP contribution in [0.4, 0.5) is 0 Å². The third-order valence-corrected chi connectivity index (χ3v) is 7.75. The molecule has 0 heterocycles. The van der Waals surface area contributed by atoms with Crippen LogP contribution < -0.4 is 25.9 Å². The van der Waals surface area contributed by atoms with Crippen LogP contribution in [0.5, 0.6) is 5.75 Å². The van der Waals surface area contributed by atoms with E-state index in [0.29, 0.717) is 0 Å². The van der Waals surface area contributed by atoms with Crippen molar-refractivity contribution in [3.63, 3.8) is 0 Å². The van der Waals surface area contributed by atoms with E-state index < -0.39 is 10.1 Å². The first-order valence-electron chi connectivity index (χ1n) is 8.28. The first-order valence-corrected chi connectivity index (χ1v) is 13.0. The lowest BCUT2D eigenvalue weighted by molar-refractivity contribution is -0.597. The highest BCUT2D eigenvalue weighted by Crippen LogP contribution is 2.08. The van der Waals surface area contributed by atoms with E-state index in [1.807, 2.05) is 19.1 Å². The molecule has 3 aromatic carbocycles. The summed E-state index contributed by atoms with van der Waals surface area (Å²) in [6, 6.07) is 22.9. The molecule has 0 aromatic heterocycles. The summed E-state index contributed by atoms with van der Waals surface area (Å²) in [5.41, 5.74) is 2.27. The van der Waals surface area contributed by atoms with E-state index in [1.165, 1.54) is 24.8 Å². The van der Waals surface area contributed by atoms with Gasteiger partial charge in [0, 0.05) is 5.33 Å². The van der Waals surface area contributed by atoms with Crippen molar-refractivity contribution in [2.75, 3.05) is 7.11 Å². The van der Waals surface area contributed by atoms with E-state index in [2.05, 4.69) is 52.3 Å². The molecule has 0 spiro atoms. The van der Waals surface area contributed by atoms with Gasteiger partial charge in [0.05, 0.1) is 12.0 Å². The second-order valence-electron chi connectivity index (χ2n) is 5.78. The predicted octanol–water partition coefficient (Wildman–Crippen LogP) is 1.62. The van der Waals surface area contributed by atoms with Gasteiger partial charge in [0.2, 0.25) is 0 Å². The zero-order chi connectivity index (χ0) is 20.6. The summed E-state index contributed by atoms with van der Waals surface area (Å²) in [4.78, 5) is -0.178. The summed E-state index contributed by atoms with van der Waals surface area (Å²) in [7, 11) is -2.57. The maximum Gasteiger partial charge on any atom is 0.357 e. The molecule has 0 fully saturated rings. The van der Waals surface area contributed by atoms with Crippen LogP contribution in [0.3, 0.4) is 0 Å². The smallest absolute Gasteiger partial charge is 0.357 e. The highest BCUT2D eigenvalue weighted by molar-refractivity contribution is 9.08. The molecule has 7 heteroatoms. The van der Waals surface area contributed by atoms with Crippen LogP contribution in [0.25, 0.3) is 0 Å². The van der Waals surface area contributed by atoms with Gasteiger partial charge in [-0.15, -0.1) is 0 Å². The standard InChI is InChI=1S/C14H13BrIO.C7H8O3S/c1-17-14-7-5-12(6-8-14)16-13-4-2-3-11(9-13)10-15;1-6-2-4-7(5-3-6)11(8,9)10/h2-9H,10H2,1H3;2-5H,1H3,(H,8,9,10)/q+1;/p-1. The van der Waals surface area contributed by atoms with Gasteiger partial charge in [-0.2, -0.15) is 0 Å². The molecule has 0 aliphatic carbocycles. The summed E-state index contributed by atoms with van der Waals surface area (Å²) in [5, 5.41) is 0.924. The third kappa shape index (κ3) is 7.54. The van der Waals surface area contributed by atoms with Gasteiger partial charge in [0.1, 0.15) is 15.9 Å². The van der Waals surface area contributed by atoms with Gasteiger partial charge in [0.25, 0.3) is 0 Å². The Balaban J connectivity index is 0.000000221. The molecule has 0 bridgehead atoms. The van der Waals surface area contributed by atoms with Crippen LogP contribution in [0.1, 0.15) is 11.1 Å². The Hall–Kier alpha value is -1.42. The van der Waals surface area contributed by atoms with Crippen molar-refractivity contribution in [3.05, 3.63) is 91.1 Å². The summed E-state index contributed by atoms with van der Waals surface area (Å²) in [5.74, 6) is 0.923. The molecule has 148 valence electrons. The van der Waals surface area contributed by atoms with Gasteiger partial charge in [-0.05, 0) is 61.0 Å². The lowest BCUT2D eigenvalue weighted by atomic mass is 10.2. The van der Waals surface area contributed by atoms with Crippen molar-refractivity contribution >= 4 is 26.0 Å². The van der Waals surface area contributed by atoms with Crippen molar-refractivity contribution < 1.29 is 38.9 Å². The molecule has 3 aromatic rings. The number of methoxy groups -OCH3 is 1. The zero-order valence-electron chi connectivity index (χ0n) is 15.4. The van der Waals surface area contributed by atoms with Crippen LogP contribution in [-0.4, -0.2) is 20.1 Å². The Bertz CT molecular complexity index is 988. The number of alkyl halides is 1. The van der Waals surface area contributed by atoms with Crippen molar-refractivity contribution in [2.45, 2.75) is 17.1 Å². The zero-order valence-corrected chi connectivity index (χ0v) is 20.0. The van der Waals surface area contributed by atoms with Crippen molar-refractivity contribution in [2.24, 2.45) is 0 Å². The second kappa shape index (κ2) is 10.9. The van der Waals surface area contributed by atoms with E-state index in [4.69, 9.17) is 4.74 Å². The normalized spacial score (nSPS) is 10.7. The SMILES string of the molecule is COc1ccc([I+]c2cccc(CBr)c2)cc1.Cc1ccc(S(=O)(=O)[O-])cc1. The van der Waals surface area contributed by atoms with Crippen LogP contribution >= 0.6 is 15.9 Å².